The first-order valence-corrected chi connectivity index (χ1v) is 7.46. The quantitative estimate of drug-likeness (QED) is 0.631. The molecule has 0 aliphatic carbocycles. The van der Waals surface area contributed by atoms with Gasteiger partial charge in [0.05, 0.1) is 6.10 Å². The average molecular weight is 248 g/mol. The third kappa shape index (κ3) is 6.20. The minimum Gasteiger partial charge on any atom is -0.393 e. The lowest BCUT2D eigenvalue weighted by Crippen LogP contribution is -2.11. The van der Waals surface area contributed by atoms with Gasteiger partial charge in [-0.25, -0.2) is 0 Å². The maximum Gasteiger partial charge on any atom is 0.0580 e. The van der Waals surface area contributed by atoms with Gasteiger partial charge in [-0.2, -0.15) is 0 Å². The smallest absolute Gasteiger partial charge is 0.0580 e. The summed E-state index contributed by atoms with van der Waals surface area (Å²) >= 11 is 0. The van der Waals surface area contributed by atoms with Crippen molar-refractivity contribution in [1.82, 2.24) is 0 Å². The molecule has 0 aliphatic rings. The molecule has 0 amide bonds. The predicted molar refractivity (Wildman–Crippen MR) is 78.9 cm³/mol. The first kappa shape index (κ1) is 15.2. The molecule has 0 spiro atoms. The van der Waals surface area contributed by atoms with Crippen LogP contribution in [0.2, 0.25) is 0 Å². The van der Waals surface area contributed by atoms with Crippen LogP contribution in [0.5, 0.6) is 0 Å². The van der Waals surface area contributed by atoms with Gasteiger partial charge in [0.25, 0.3) is 0 Å². The SMILES string of the molecule is CCCCCCCCC(O)Cc1ccccc1C. The van der Waals surface area contributed by atoms with Gasteiger partial charge in [0.15, 0.2) is 0 Å². The van der Waals surface area contributed by atoms with Crippen LogP contribution >= 0.6 is 0 Å². The van der Waals surface area contributed by atoms with Gasteiger partial charge in [0, 0.05) is 0 Å². The Bertz CT molecular complexity index is 319. The van der Waals surface area contributed by atoms with Gasteiger partial charge < -0.3 is 5.11 Å². The molecule has 0 saturated carbocycles. The lowest BCUT2D eigenvalue weighted by molar-refractivity contribution is 0.160. The fourth-order valence-electron chi connectivity index (χ4n) is 2.36. The number of hydrogen-bond acceptors (Lipinski definition) is 1. The van der Waals surface area contributed by atoms with Gasteiger partial charge in [-0.15, -0.1) is 0 Å². The molecule has 18 heavy (non-hydrogen) atoms. The van der Waals surface area contributed by atoms with E-state index >= 15 is 0 Å². The maximum atomic E-state index is 10.0. The highest BCUT2D eigenvalue weighted by Gasteiger charge is 2.06. The molecule has 1 unspecified atom stereocenters. The summed E-state index contributed by atoms with van der Waals surface area (Å²) < 4.78 is 0. The summed E-state index contributed by atoms with van der Waals surface area (Å²) in [4.78, 5) is 0. The molecule has 0 aliphatic heterocycles. The van der Waals surface area contributed by atoms with E-state index in [9.17, 15) is 5.11 Å². The van der Waals surface area contributed by atoms with Crippen molar-refractivity contribution >= 4 is 0 Å². The van der Waals surface area contributed by atoms with Gasteiger partial charge >= 0.3 is 0 Å². The van der Waals surface area contributed by atoms with Crippen molar-refractivity contribution in [3.05, 3.63) is 35.4 Å². The van der Waals surface area contributed by atoms with E-state index in [0.717, 1.165) is 19.3 Å². The van der Waals surface area contributed by atoms with Crippen molar-refractivity contribution < 1.29 is 5.11 Å². The van der Waals surface area contributed by atoms with Crippen molar-refractivity contribution in [2.45, 2.75) is 71.3 Å². The van der Waals surface area contributed by atoms with Gasteiger partial charge in [-0.1, -0.05) is 69.7 Å². The highest BCUT2D eigenvalue weighted by atomic mass is 16.3. The number of benzene rings is 1. The molecule has 1 aromatic carbocycles. The zero-order valence-electron chi connectivity index (χ0n) is 12.0. The standard InChI is InChI=1S/C17H28O/c1-3-4-5-6-7-8-13-17(18)14-16-12-10-9-11-15(16)2/h9-12,17-18H,3-8,13-14H2,1-2H3. The first-order valence-electron chi connectivity index (χ1n) is 7.46. The monoisotopic (exact) mass is 248 g/mol. The fraction of sp³-hybridized carbons (Fsp3) is 0.647. The second-order valence-electron chi connectivity index (χ2n) is 5.34. The second-order valence-corrected chi connectivity index (χ2v) is 5.34. The van der Waals surface area contributed by atoms with Gasteiger partial charge in [-0.3, -0.25) is 0 Å². The van der Waals surface area contributed by atoms with Gasteiger partial charge in [-0.05, 0) is 30.9 Å². The van der Waals surface area contributed by atoms with Crippen LogP contribution in [0.3, 0.4) is 0 Å². The van der Waals surface area contributed by atoms with E-state index in [1.54, 1.807) is 0 Å². The molecule has 1 aromatic rings. The molecule has 0 saturated heterocycles. The average Bonchev–Trinajstić information content (AvgIpc) is 2.36. The van der Waals surface area contributed by atoms with E-state index in [-0.39, 0.29) is 6.10 Å². The van der Waals surface area contributed by atoms with E-state index in [2.05, 4.69) is 38.1 Å². The summed E-state index contributed by atoms with van der Waals surface area (Å²) in [6, 6.07) is 8.35. The van der Waals surface area contributed by atoms with E-state index in [1.165, 1.54) is 43.2 Å². The summed E-state index contributed by atoms with van der Waals surface area (Å²) in [5.41, 5.74) is 2.58. The third-order valence-electron chi connectivity index (χ3n) is 3.61. The van der Waals surface area contributed by atoms with Crippen LogP contribution in [0.1, 0.15) is 63.0 Å². The summed E-state index contributed by atoms with van der Waals surface area (Å²) in [6.07, 6.45) is 9.35. The van der Waals surface area contributed by atoms with Crippen LogP contribution in [-0.4, -0.2) is 11.2 Å². The first-order chi connectivity index (χ1) is 8.74. The van der Waals surface area contributed by atoms with E-state index in [0.29, 0.717) is 0 Å². The van der Waals surface area contributed by atoms with E-state index in [4.69, 9.17) is 0 Å². The fourth-order valence-corrected chi connectivity index (χ4v) is 2.36. The number of unbranched alkanes of at least 4 members (excludes halogenated alkanes) is 5. The van der Waals surface area contributed by atoms with Crippen LogP contribution in [0.25, 0.3) is 0 Å². The van der Waals surface area contributed by atoms with Crippen LogP contribution in [0.4, 0.5) is 0 Å². The van der Waals surface area contributed by atoms with Crippen LogP contribution in [0.15, 0.2) is 24.3 Å². The Balaban J connectivity index is 2.14. The molecule has 0 heterocycles. The van der Waals surface area contributed by atoms with Crippen molar-refractivity contribution in [3.8, 4) is 0 Å². The lowest BCUT2D eigenvalue weighted by atomic mass is 9.99. The minimum atomic E-state index is -0.169. The van der Waals surface area contributed by atoms with Crippen LogP contribution in [0, 0.1) is 6.92 Å². The molecular formula is C17H28O. The van der Waals surface area contributed by atoms with Crippen LogP contribution < -0.4 is 0 Å². The predicted octanol–water partition coefficient (Wildman–Crippen LogP) is 4.65. The van der Waals surface area contributed by atoms with E-state index < -0.39 is 0 Å². The molecule has 1 N–H and O–H groups in total. The topological polar surface area (TPSA) is 20.2 Å². The van der Waals surface area contributed by atoms with Crippen molar-refractivity contribution in [1.29, 1.82) is 0 Å². The Morgan fingerprint density at radius 2 is 1.67 bits per heavy atom. The molecular weight excluding hydrogens is 220 g/mol. The van der Waals surface area contributed by atoms with Crippen molar-refractivity contribution in [3.63, 3.8) is 0 Å². The summed E-state index contributed by atoms with van der Waals surface area (Å²) in [7, 11) is 0. The molecule has 0 bridgehead atoms. The zero-order chi connectivity index (χ0) is 13.2. The van der Waals surface area contributed by atoms with E-state index in [1.807, 2.05) is 0 Å². The number of aliphatic hydroxyl groups is 1. The molecule has 0 aromatic heterocycles. The molecule has 0 fully saturated rings. The third-order valence-corrected chi connectivity index (χ3v) is 3.61. The lowest BCUT2D eigenvalue weighted by Gasteiger charge is -2.12. The highest BCUT2D eigenvalue weighted by Crippen LogP contribution is 2.14. The zero-order valence-corrected chi connectivity index (χ0v) is 12.0. The molecule has 1 atom stereocenters. The van der Waals surface area contributed by atoms with Crippen molar-refractivity contribution in [2.24, 2.45) is 0 Å². The molecule has 1 rings (SSSR count). The Morgan fingerprint density at radius 3 is 2.39 bits per heavy atom. The number of rotatable bonds is 9. The Labute approximate surface area is 112 Å². The number of hydrogen-bond donors (Lipinski definition) is 1. The summed E-state index contributed by atoms with van der Waals surface area (Å²) in [5.74, 6) is 0. The number of aliphatic hydroxyl groups excluding tert-OH is 1. The molecule has 1 nitrogen and oxygen atoms in total. The Hall–Kier alpha value is -0.820. The van der Waals surface area contributed by atoms with Gasteiger partial charge in [0.2, 0.25) is 0 Å². The molecule has 102 valence electrons. The Kier molecular flexibility index (Phi) is 7.75. The normalized spacial score (nSPS) is 12.6. The minimum absolute atomic E-state index is 0.169. The Morgan fingerprint density at radius 1 is 1.00 bits per heavy atom. The molecule has 1 heteroatoms. The van der Waals surface area contributed by atoms with Crippen molar-refractivity contribution in [2.75, 3.05) is 0 Å². The summed E-state index contributed by atoms with van der Waals surface area (Å²) in [5, 5.41) is 10.0. The summed E-state index contributed by atoms with van der Waals surface area (Å²) in [6.45, 7) is 4.36. The molecule has 0 radical (unpaired) electrons. The highest BCUT2D eigenvalue weighted by molar-refractivity contribution is 5.26. The van der Waals surface area contributed by atoms with Crippen LogP contribution in [-0.2, 0) is 6.42 Å². The largest absolute Gasteiger partial charge is 0.393 e. The van der Waals surface area contributed by atoms with Gasteiger partial charge in [0.1, 0.15) is 0 Å². The maximum absolute atomic E-state index is 10.0. The number of aryl methyl sites for hydroxylation is 1. The second kappa shape index (κ2) is 9.16.